The van der Waals surface area contributed by atoms with Crippen molar-refractivity contribution in [3.8, 4) is 0 Å². The average molecular weight is 279 g/mol. The fourth-order valence-electron chi connectivity index (χ4n) is 2.13. The van der Waals surface area contributed by atoms with Crippen molar-refractivity contribution in [2.45, 2.75) is 18.4 Å². The fraction of sp³-hybridized carbons (Fsp3) is 0.231. The molecule has 0 radical (unpaired) electrons. The topological polar surface area (TPSA) is 63.8 Å². The van der Waals surface area contributed by atoms with E-state index in [0.29, 0.717) is 16.9 Å². The molecule has 1 fully saturated rings. The van der Waals surface area contributed by atoms with Gasteiger partial charge in [-0.15, -0.1) is 0 Å². The highest BCUT2D eigenvalue weighted by atomic mass is 35.5. The SMILES string of the molecule is Nc1nc(Cl)cc(N[C@@H]2C[C@H]2c2ccc(F)cc2)n1. The lowest BCUT2D eigenvalue weighted by molar-refractivity contribution is 0.627. The van der Waals surface area contributed by atoms with E-state index in [0.717, 1.165) is 12.0 Å². The third-order valence-electron chi connectivity index (χ3n) is 3.13. The third-order valence-corrected chi connectivity index (χ3v) is 3.33. The molecule has 4 nitrogen and oxygen atoms in total. The highest BCUT2D eigenvalue weighted by Gasteiger charge is 2.38. The summed E-state index contributed by atoms with van der Waals surface area (Å²) in [5.41, 5.74) is 6.65. The summed E-state index contributed by atoms with van der Waals surface area (Å²) in [6, 6.07) is 8.48. The van der Waals surface area contributed by atoms with Gasteiger partial charge in [0.2, 0.25) is 5.95 Å². The number of nitrogens with two attached hydrogens (primary N) is 1. The lowest BCUT2D eigenvalue weighted by Gasteiger charge is -2.06. The van der Waals surface area contributed by atoms with Crippen LogP contribution in [0.25, 0.3) is 0 Å². The molecule has 3 rings (SSSR count). The van der Waals surface area contributed by atoms with Gasteiger partial charge in [0.1, 0.15) is 16.8 Å². The normalized spacial score (nSPS) is 21.2. The number of rotatable bonds is 3. The fourth-order valence-corrected chi connectivity index (χ4v) is 2.32. The Morgan fingerprint density at radius 3 is 2.68 bits per heavy atom. The predicted molar refractivity (Wildman–Crippen MR) is 72.6 cm³/mol. The van der Waals surface area contributed by atoms with Gasteiger partial charge in [0.25, 0.3) is 0 Å². The number of aromatic nitrogens is 2. The van der Waals surface area contributed by atoms with E-state index in [9.17, 15) is 4.39 Å². The van der Waals surface area contributed by atoms with Crippen LogP contribution >= 0.6 is 11.6 Å². The molecule has 1 aliphatic carbocycles. The van der Waals surface area contributed by atoms with Crippen molar-refractivity contribution in [3.05, 3.63) is 46.9 Å². The Bertz CT molecular complexity index is 582. The van der Waals surface area contributed by atoms with Crippen LogP contribution < -0.4 is 11.1 Å². The molecule has 19 heavy (non-hydrogen) atoms. The van der Waals surface area contributed by atoms with Crippen molar-refractivity contribution < 1.29 is 4.39 Å². The van der Waals surface area contributed by atoms with Crippen LogP contribution in [-0.2, 0) is 0 Å². The van der Waals surface area contributed by atoms with Crippen LogP contribution in [0.5, 0.6) is 0 Å². The number of nitrogens with one attached hydrogen (secondary N) is 1. The first-order valence-corrected chi connectivity index (χ1v) is 6.31. The molecule has 2 atom stereocenters. The Labute approximate surface area is 114 Å². The van der Waals surface area contributed by atoms with Crippen molar-refractivity contribution in [3.63, 3.8) is 0 Å². The Morgan fingerprint density at radius 2 is 2.00 bits per heavy atom. The quantitative estimate of drug-likeness (QED) is 0.848. The predicted octanol–water partition coefficient (Wildman–Crippen LogP) is 2.82. The van der Waals surface area contributed by atoms with Gasteiger partial charge < -0.3 is 11.1 Å². The number of hydrogen-bond acceptors (Lipinski definition) is 4. The van der Waals surface area contributed by atoms with E-state index in [-0.39, 0.29) is 17.8 Å². The average Bonchev–Trinajstić information content (AvgIpc) is 3.08. The first kappa shape index (κ1) is 12.2. The zero-order valence-electron chi connectivity index (χ0n) is 9.98. The van der Waals surface area contributed by atoms with Crippen LogP contribution in [0.4, 0.5) is 16.2 Å². The lowest BCUT2D eigenvalue weighted by Crippen LogP contribution is -2.07. The summed E-state index contributed by atoms with van der Waals surface area (Å²) in [5.74, 6) is 0.918. The monoisotopic (exact) mass is 278 g/mol. The Morgan fingerprint density at radius 1 is 1.26 bits per heavy atom. The Hall–Kier alpha value is -1.88. The van der Waals surface area contributed by atoms with Crippen LogP contribution in [0.3, 0.4) is 0 Å². The summed E-state index contributed by atoms with van der Waals surface area (Å²) < 4.78 is 12.8. The maximum absolute atomic E-state index is 12.8. The van der Waals surface area contributed by atoms with Crippen molar-refractivity contribution >= 4 is 23.4 Å². The molecule has 1 saturated carbocycles. The second-order valence-electron chi connectivity index (χ2n) is 4.58. The Kier molecular flexibility index (Phi) is 2.98. The molecule has 6 heteroatoms. The molecule has 0 aliphatic heterocycles. The summed E-state index contributed by atoms with van der Waals surface area (Å²) in [4.78, 5) is 7.87. The molecule has 1 aromatic carbocycles. The molecule has 1 heterocycles. The minimum absolute atomic E-state index is 0.147. The number of hydrogen-bond donors (Lipinski definition) is 2. The highest BCUT2D eigenvalue weighted by Crippen LogP contribution is 2.42. The van der Waals surface area contributed by atoms with Gasteiger partial charge in [-0.25, -0.2) is 9.37 Å². The standard InChI is InChI=1S/C13H12ClFN4/c14-11-6-12(19-13(16)18-11)17-10-5-9(10)7-1-3-8(15)4-2-7/h1-4,6,9-10H,5H2,(H3,16,17,18,19)/t9-,10+/m0/s1. The van der Waals surface area contributed by atoms with Gasteiger partial charge in [-0.2, -0.15) is 4.98 Å². The minimum Gasteiger partial charge on any atom is -0.368 e. The first-order valence-electron chi connectivity index (χ1n) is 5.94. The molecule has 2 aromatic rings. The number of nitrogen functional groups attached to an aromatic ring is 1. The largest absolute Gasteiger partial charge is 0.368 e. The van der Waals surface area contributed by atoms with Crippen LogP contribution in [0, 0.1) is 5.82 Å². The molecule has 0 amide bonds. The molecule has 0 bridgehead atoms. The van der Waals surface area contributed by atoms with E-state index in [2.05, 4.69) is 15.3 Å². The molecule has 0 unspecified atom stereocenters. The number of anilines is 2. The second kappa shape index (κ2) is 4.66. The summed E-state index contributed by atoms with van der Waals surface area (Å²) in [6.45, 7) is 0. The van der Waals surface area contributed by atoms with Gasteiger partial charge in [-0.3, -0.25) is 0 Å². The summed E-state index contributed by atoms with van der Waals surface area (Å²) in [6.07, 6.45) is 0.979. The highest BCUT2D eigenvalue weighted by molar-refractivity contribution is 6.29. The van der Waals surface area contributed by atoms with E-state index in [1.54, 1.807) is 6.07 Å². The molecule has 1 aliphatic rings. The lowest BCUT2D eigenvalue weighted by atomic mass is 10.1. The van der Waals surface area contributed by atoms with Crippen molar-refractivity contribution in [1.29, 1.82) is 0 Å². The van der Waals surface area contributed by atoms with E-state index in [1.165, 1.54) is 12.1 Å². The Balaban J connectivity index is 1.68. The van der Waals surface area contributed by atoms with Crippen molar-refractivity contribution in [1.82, 2.24) is 9.97 Å². The maximum Gasteiger partial charge on any atom is 0.223 e. The molecule has 3 N–H and O–H groups in total. The molecule has 1 aromatic heterocycles. The van der Waals surface area contributed by atoms with Crippen LogP contribution in [-0.4, -0.2) is 16.0 Å². The number of nitrogens with zero attached hydrogens (tertiary/aromatic N) is 2. The van der Waals surface area contributed by atoms with Crippen LogP contribution in [0.2, 0.25) is 5.15 Å². The second-order valence-corrected chi connectivity index (χ2v) is 4.97. The summed E-state index contributed by atoms with van der Waals surface area (Å²) in [5, 5.41) is 3.57. The van der Waals surface area contributed by atoms with Crippen LogP contribution in [0.15, 0.2) is 30.3 Å². The molecular weight excluding hydrogens is 267 g/mol. The summed E-state index contributed by atoms with van der Waals surface area (Å²) >= 11 is 5.81. The van der Waals surface area contributed by atoms with E-state index in [4.69, 9.17) is 17.3 Å². The minimum atomic E-state index is -0.218. The third kappa shape index (κ3) is 2.76. The van der Waals surface area contributed by atoms with E-state index in [1.807, 2.05) is 12.1 Å². The van der Waals surface area contributed by atoms with Gasteiger partial charge in [0, 0.05) is 18.0 Å². The molecule has 0 spiro atoms. The van der Waals surface area contributed by atoms with Gasteiger partial charge in [0.15, 0.2) is 0 Å². The zero-order valence-corrected chi connectivity index (χ0v) is 10.7. The summed E-state index contributed by atoms with van der Waals surface area (Å²) in [7, 11) is 0. The van der Waals surface area contributed by atoms with Gasteiger partial charge in [-0.1, -0.05) is 23.7 Å². The van der Waals surface area contributed by atoms with Crippen molar-refractivity contribution in [2.75, 3.05) is 11.1 Å². The molecule has 98 valence electrons. The van der Waals surface area contributed by atoms with Crippen molar-refractivity contribution in [2.24, 2.45) is 0 Å². The molecular formula is C13H12ClFN4. The first-order chi connectivity index (χ1) is 9.11. The van der Waals surface area contributed by atoms with E-state index >= 15 is 0 Å². The molecule has 0 saturated heterocycles. The van der Waals surface area contributed by atoms with Gasteiger partial charge >= 0.3 is 0 Å². The van der Waals surface area contributed by atoms with Gasteiger partial charge in [0.05, 0.1) is 0 Å². The van der Waals surface area contributed by atoms with E-state index < -0.39 is 0 Å². The maximum atomic E-state index is 12.8. The number of benzene rings is 1. The van der Waals surface area contributed by atoms with Crippen LogP contribution in [0.1, 0.15) is 17.9 Å². The number of halogens is 2. The smallest absolute Gasteiger partial charge is 0.223 e. The van der Waals surface area contributed by atoms with Gasteiger partial charge in [-0.05, 0) is 24.1 Å². The zero-order chi connectivity index (χ0) is 13.4.